The van der Waals surface area contributed by atoms with Gasteiger partial charge >= 0.3 is 6.18 Å². The van der Waals surface area contributed by atoms with Crippen LogP contribution >= 0.6 is 11.8 Å². The molecule has 154 valence electrons. The topological polar surface area (TPSA) is 58.7 Å². The Morgan fingerprint density at radius 3 is 2.52 bits per heavy atom. The van der Waals surface area contributed by atoms with Crippen molar-refractivity contribution < 1.29 is 13.2 Å². The van der Waals surface area contributed by atoms with Crippen LogP contribution in [-0.4, -0.2) is 9.55 Å². The van der Waals surface area contributed by atoms with Crippen molar-refractivity contribution in [1.29, 1.82) is 5.26 Å². The van der Waals surface area contributed by atoms with Gasteiger partial charge in [0.15, 0.2) is 0 Å². The normalized spacial score (nSPS) is 11.4. The number of rotatable bonds is 4. The van der Waals surface area contributed by atoms with E-state index in [4.69, 9.17) is 0 Å². The maximum absolute atomic E-state index is 13.1. The fraction of sp³-hybridized carbons (Fsp3) is 0.0870. The first-order valence-corrected chi connectivity index (χ1v) is 9.99. The summed E-state index contributed by atoms with van der Waals surface area (Å²) < 4.78 is 40.5. The van der Waals surface area contributed by atoms with Crippen molar-refractivity contribution in [2.75, 3.05) is 0 Å². The molecule has 0 N–H and O–H groups in total. The van der Waals surface area contributed by atoms with Crippen molar-refractivity contribution in [2.24, 2.45) is 0 Å². The van der Waals surface area contributed by atoms with E-state index in [1.165, 1.54) is 28.7 Å². The number of nitrogens with zero attached hydrogens (tertiary/aromatic N) is 3. The molecule has 4 aromatic rings. The summed E-state index contributed by atoms with van der Waals surface area (Å²) in [7, 11) is 0. The van der Waals surface area contributed by atoms with Crippen LogP contribution in [0, 0.1) is 11.3 Å². The number of benzene rings is 3. The smallest absolute Gasteiger partial charge is 0.294 e. The Balaban J connectivity index is 1.77. The molecule has 4 rings (SSSR count). The summed E-state index contributed by atoms with van der Waals surface area (Å²) in [4.78, 5) is 18.9. The summed E-state index contributed by atoms with van der Waals surface area (Å²) >= 11 is 1.47. The Kier molecular flexibility index (Phi) is 5.53. The zero-order chi connectivity index (χ0) is 22.0. The van der Waals surface area contributed by atoms with E-state index in [-0.39, 0.29) is 17.4 Å². The van der Waals surface area contributed by atoms with Crippen molar-refractivity contribution in [3.8, 4) is 6.07 Å². The fourth-order valence-corrected chi connectivity index (χ4v) is 4.06. The van der Waals surface area contributed by atoms with E-state index < -0.39 is 17.3 Å². The van der Waals surface area contributed by atoms with E-state index in [2.05, 4.69) is 11.1 Å². The third-order valence-corrected chi connectivity index (χ3v) is 5.78. The third kappa shape index (κ3) is 4.47. The highest BCUT2D eigenvalue weighted by atomic mass is 32.2. The first-order valence-electron chi connectivity index (χ1n) is 9.17. The molecule has 0 fully saturated rings. The van der Waals surface area contributed by atoms with Crippen LogP contribution in [0.15, 0.2) is 87.6 Å². The van der Waals surface area contributed by atoms with Gasteiger partial charge in [-0.25, -0.2) is 4.98 Å². The number of fused-ring (bicyclic) bond motifs is 1. The lowest BCUT2D eigenvalue weighted by molar-refractivity contribution is -0.137. The lowest BCUT2D eigenvalue weighted by atomic mass is 10.1. The van der Waals surface area contributed by atoms with Gasteiger partial charge in [0, 0.05) is 9.79 Å². The molecule has 4 nitrogen and oxygen atoms in total. The zero-order valence-corrected chi connectivity index (χ0v) is 16.7. The van der Waals surface area contributed by atoms with Gasteiger partial charge in [0.05, 0.1) is 41.0 Å². The summed E-state index contributed by atoms with van der Waals surface area (Å²) in [5.74, 6) is 0. The highest BCUT2D eigenvalue weighted by Crippen LogP contribution is 2.32. The van der Waals surface area contributed by atoms with E-state index in [1.54, 1.807) is 18.2 Å². The molecule has 3 aromatic carbocycles. The van der Waals surface area contributed by atoms with Crippen molar-refractivity contribution >= 4 is 22.7 Å². The van der Waals surface area contributed by atoms with Gasteiger partial charge in [-0.05, 0) is 54.1 Å². The number of hydrogen-bond acceptors (Lipinski definition) is 4. The maximum atomic E-state index is 13.1. The van der Waals surface area contributed by atoms with Crippen LogP contribution in [0.2, 0.25) is 0 Å². The second kappa shape index (κ2) is 8.28. The number of alkyl halides is 3. The van der Waals surface area contributed by atoms with Gasteiger partial charge in [0.25, 0.3) is 5.56 Å². The average Bonchev–Trinajstić information content (AvgIpc) is 2.76. The van der Waals surface area contributed by atoms with Crippen LogP contribution < -0.4 is 5.56 Å². The molecule has 31 heavy (non-hydrogen) atoms. The molecule has 0 bridgehead atoms. The fourth-order valence-electron chi connectivity index (χ4n) is 3.12. The molecule has 0 aliphatic rings. The molecule has 1 heterocycles. The van der Waals surface area contributed by atoms with Crippen LogP contribution in [0.25, 0.3) is 10.9 Å². The highest BCUT2D eigenvalue weighted by molar-refractivity contribution is 7.99. The van der Waals surface area contributed by atoms with Gasteiger partial charge in [-0.2, -0.15) is 18.4 Å². The molecule has 0 aliphatic heterocycles. The monoisotopic (exact) mass is 437 g/mol. The molecule has 0 amide bonds. The predicted octanol–water partition coefficient (Wildman–Crippen LogP) is 5.49. The molecule has 0 saturated heterocycles. The van der Waals surface area contributed by atoms with Crippen LogP contribution in [0.5, 0.6) is 0 Å². The Hall–Kier alpha value is -3.57. The van der Waals surface area contributed by atoms with Crippen molar-refractivity contribution in [1.82, 2.24) is 9.55 Å². The molecule has 0 unspecified atom stereocenters. The summed E-state index contributed by atoms with van der Waals surface area (Å²) in [6.07, 6.45) is -3.24. The van der Waals surface area contributed by atoms with Crippen molar-refractivity contribution in [3.63, 3.8) is 0 Å². The molecule has 0 saturated carbocycles. The molecular weight excluding hydrogens is 423 g/mol. The molecule has 1 aromatic heterocycles. The van der Waals surface area contributed by atoms with Gasteiger partial charge in [-0.3, -0.25) is 9.36 Å². The van der Waals surface area contributed by atoms with E-state index in [0.29, 0.717) is 11.1 Å². The minimum atomic E-state index is -4.55. The second-order valence-corrected chi connectivity index (χ2v) is 7.87. The largest absolute Gasteiger partial charge is 0.416 e. The predicted molar refractivity (Wildman–Crippen MR) is 112 cm³/mol. The lowest BCUT2D eigenvalue weighted by Crippen LogP contribution is -2.22. The van der Waals surface area contributed by atoms with Crippen LogP contribution in [0.1, 0.15) is 16.7 Å². The summed E-state index contributed by atoms with van der Waals surface area (Å²) in [6.45, 7) is 0.0721. The van der Waals surface area contributed by atoms with Crippen LogP contribution in [0.3, 0.4) is 0 Å². The highest BCUT2D eigenvalue weighted by Gasteiger charge is 2.30. The summed E-state index contributed by atoms with van der Waals surface area (Å²) in [6, 6.07) is 19.7. The van der Waals surface area contributed by atoms with Crippen molar-refractivity contribution in [2.45, 2.75) is 22.5 Å². The van der Waals surface area contributed by atoms with E-state index in [1.807, 2.05) is 30.3 Å². The first-order chi connectivity index (χ1) is 14.8. The standard InChI is InChI=1S/C23H14F3N3OS/c24-23(25,26)17-7-8-20-19(11-17)22(30)29(14-28-20)13-16-10-15(12-27)6-9-21(16)31-18-4-2-1-3-5-18/h1-11,14H,13H2. The van der Waals surface area contributed by atoms with Gasteiger partial charge in [-0.15, -0.1) is 0 Å². The van der Waals surface area contributed by atoms with E-state index >= 15 is 0 Å². The quantitative estimate of drug-likeness (QED) is 0.424. The van der Waals surface area contributed by atoms with Gasteiger partial charge in [0.1, 0.15) is 0 Å². The minimum absolute atomic E-state index is 0.0721. The second-order valence-electron chi connectivity index (χ2n) is 6.76. The Morgan fingerprint density at radius 1 is 1.03 bits per heavy atom. The average molecular weight is 437 g/mol. The Labute approximate surface area is 179 Å². The number of aromatic nitrogens is 2. The molecule has 8 heteroatoms. The SMILES string of the molecule is N#Cc1ccc(Sc2ccccc2)c(Cn2cnc3ccc(C(F)(F)F)cc3c2=O)c1. The Bertz CT molecular complexity index is 1360. The summed E-state index contributed by atoms with van der Waals surface area (Å²) in [5.41, 5.74) is -0.159. The maximum Gasteiger partial charge on any atom is 0.416 e. The van der Waals surface area contributed by atoms with Crippen molar-refractivity contribution in [3.05, 3.63) is 100 Å². The van der Waals surface area contributed by atoms with E-state index in [9.17, 15) is 23.2 Å². The molecular formula is C23H14F3N3OS. The molecule has 0 atom stereocenters. The Morgan fingerprint density at radius 2 is 1.81 bits per heavy atom. The number of nitriles is 1. The zero-order valence-electron chi connectivity index (χ0n) is 15.9. The number of hydrogen-bond donors (Lipinski definition) is 0. The van der Waals surface area contributed by atoms with Crippen LogP contribution in [-0.2, 0) is 12.7 Å². The number of halogens is 3. The first kappa shape index (κ1) is 20.7. The third-order valence-electron chi connectivity index (χ3n) is 4.65. The summed E-state index contributed by atoms with van der Waals surface area (Å²) in [5, 5.41) is 9.16. The van der Waals surface area contributed by atoms with Gasteiger partial charge in [0.2, 0.25) is 0 Å². The van der Waals surface area contributed by atoms with E-state index in [0.717, 1.165) is 21.9 Å². The minimum Gasteiger partial charge on any atom is -0.294 e. The van der Waals surface area contributed by atoms with Crippen LogP contribution in [0.4, 0.5) is 13.2 Å². The lowest BCUT2D eigenvalue weighted by Gasteiger charge is -2.13. The van der Waals surface area contributed by atoms with Gasteiger partial charge in [-0.1, -0.05) is 30.0 Å². The molecule has 0 radical (unpaired) electrons. The molecule has 0 aliphatic carbocycles. The molecule has 0 spiro atoms. The van der Waals surface area contributed by atoms with Gasteiger partial charge < -0.3 is 0 Å².